The number of aromatic amines is 1. The third-order valence-electron chi connectivity index (χ3n) is 6.33. The lowest BCUT2D eigenvalue weighted by molar-refractivity contribution is 0.145. The van der Waals surface area contributed by atoms with E-state index in [4.69, 9.17) is 0 Å². The molecule has 188 valence electrons. The Morgan fingerprint density at radius 3 is 2.28 bits per heavy atom. The molecule has 4 rings (SSSR count). The summed E-state index contributed by atoms with van der Waals surface area (Å²) in [5.41, 5.74) is 3.52. The van der Waals surface area contributed by atoms with E-state index in [0.717, 1.165) is 23.2 Å². The second-order valence-electron chi connectivity index (χ2n) is 9.03. The number of aromatic nitrogens is 2. The molecule has 3 aromatic rings. The van der Waals surface area contributed by atoms with Crippen molar-refractivity contribution in [3.63, 3.8) is 0 Å². The number of alkyl halides is 2. The van der Waals surface area contributed by atoms with Crippen LogP contribution in [0.5, 0.6) is 5.75 Å². The summed E-state index contributed by atoms with van der Waals surface area (Å²) in [6.07, 6.45) is 1.53. The summed E-state index contributed by atoms with van der Waals surface area (Å²) in [7, 11) is 0. The molecule has 1 aromatic heterocycles. The van der Waals surface area contributed by atoms with Gasteiger partial charge in [-0.25, -0.2) is 13.8 Å². The molecule has 8 heteroatoms. The number of nitrogens with zero attached hydrogens (tertiary/aromatic N) is 2. The number of aromatic hydroxyl groups is 1. The van der Waals surface area contributed by atoms with E-state index < -0.39 is 24.3 Å². The highest BCUT2D eigenvalue weighted by Gasteiger charge is 2.18. The first-order chi connectivity index (χ1) is 17.5. The van der Waals surface area contributed by atoms with Crippen LogP contribution in [0.2, 0.25) is 0 Å². The van der Waals surface area contributed by atoms with Gasteiger partial charge in [-0.15, -0.1) is 0 Å². The van der Waals surface area contributed by atoms with E-state index in [1.165, 1.54) is 37.8 Å². The van der Waals surface area contributed by atoms with Crippen LogP contribution in [0.15, 0.2) is 59.7 Å². The highest BCUT2D eigenvalue weighted by Crippen LogP contribution is 2.23. The third-order valence-corrected chi connectivity index (χ3v) is 6.33. The average Bonchev–Trinajstić information content (AvgIpc) is 3.39. The fourth-order valence-corrected chi connectivity index (χ4v) is 4.36. The van der Waals surface area contributed by atoms with Crippen molar-refractivity contribution in [3.8, 4) is 17.6 Å². The Labute approximate surface area is 209 Å². The lowest BCUT2D eigenvalue weighted by atomic mass is 9.93. The number of rotatable bonds is 9. The fraction of sp³-hybridized carbons (Fsp3) is 0.357. The first-order valence-electron chi connectivity index (χ1n) is 12.2. The summed E-state index contributed by atoms with van der Waals surface area (Å²) in [6.45, 7) is 3.12. The minimum absolute atomic E-state index is 0.222. The average molecular weight is 493 g/mol. The van der Waals surface area contributed by atoms with E-state index in [0.29, 0.717) is 0 Å². The molecule has 0 spiro atoms. The van der Waals surface area contributed by atoms with Crippen LogP contribution in [0.4, 0.5) is 8.78 Å². The van der Waals surface area contributed by atoms with Gasteiger partial charge in [0.2, 0.25) is 5.75 Å². The second-order valence-corrected chi connectivity index (χ2v) is 9.03. The van der Waals surface area contributed by atoms with Crippen LogP contribution in [0, 0.1) is 11.8 Å². The maximum Gasteiger partial charge on any atom is 0.293 e. The molecule has 6 nitrogen and oxygen atoms in total. The Kier molecular flexibility index (Phi) is 8.82. The topological polar surface area (TPSA) is 81.2 Å². The molecule has 2 heterocycles. The Hall–Kier alpha value is -3.54. The van der Waals surface area contributed by atoms with Gasteiger partial charge in [0.05, 0.1) is 18.6 Å². The van der Waals surface area contributed by atoms with Gasteiger partial charge in [-0.3, -0.25) is 9.69 Å². The lowest BCUT2D eigenvalue weighted by Crippen LogP contribution is -2.28. The van der Waals surface area contributed by atoms with E-state index >= 15 is 0 Å². The van der Waals surface area contributed by atoms with Crippen molar-refractivity contribution in [2.24, 2.45) is 0 Å². The van der Waals surface area contributed by atoms with Gasteiger partial charge in [-0.2, -0.15) is 0 Å². The zero-order chi connectivity index (χ0) is 25.3. The molecule has 1 atom stereocenters. The molecule has 0 radical (unpaired) electrons. The van der Waals surface area contributed by atoms with Gasteiger partial charge in [0, 0.05) is 36.6 Å². The molecule has 0 saturated carbocycles. The molecular weight excluding hydrogens is 462 g/mol. The van der Waals surface area contributed by atoms with E-state index in [9.17, 15) is 18.7 Å². The number of hydrogen-bond donors (Lipinski definition) is 3. The molecule has 0 amide bonds. The highest BCUT2D eigenvalue weighted by atomic mass is 19.3. The summed E-state index contributed by atoms with van der Waals surface area (Å²) < 4.78 is 25.3. The van der Waals surface area contributed by atoms with Crippen LogP contribution in [0.1, 0.15) is 46.7 Å². The third kappa shape index (κ3) is 7.23. The smallest absolute Gasteiger partial charge is 0.293 e. The standard InChI is InChI=1S/C28H30F2N4O2/c29-26(30)17-31-16-24(15-25-27(35)28(36)33-19-32-25)23-11-9-21(10-12-23)4-3-20-5-7-22(8-6-20)18-34-13-1-2-14-34/h5-12,19,24,26,31,35H,1-2,13-18H2,(H,32,33,36). The molecule has 1 aliphatic rings. The van der Waals surface area contributed by atoms with Gasteiger partial charge in [0.1, 0.15) is 0 Å². The van der Waals surface area contributed by atoms with E-state index in [-0.39, 0.29) is 24.6 Å². The van der Waals surface area contributed by atoms with Crippen LogP contribution >= 0.6 is 0 Å². The van der Waals surface area contributed by atoms with Crippen LogP contribution in [0.25, 0.3) is 0 Å². The zero-order valence-corrected chi connectivity index (χ0v) is 20.0. The summed E-state index contributed by atoms with van der Waals surface area (Å²) >= 11 is 0. The SMILES string of the molecule is O=c1[nH]cnc(CC(CNCC(F)F)c2ccc(C#Cc3ccc(CN4CCCC4)cc3)cc2)c1O. The van der Waals surface area contributed by atoms with Crippen molar-refractivity contribution < 1.29 is 13.9 Å². The Bertz CT molecular complexity index is 1240. The fourth-order valence-electron chi connectivity index (χ4n) is 4.36. The van der Waals surface area contributed by atoms with Gasteiger partial charge in [0.25, 0.3) is 12.0 Å². The van der Waals surface area contributed by atoms with Gasteiger partial charge < -0.3 is 15.4 Å². The molecule has 0 aliphatic carbocycles. The number of H-pyrrole nitrogens is 1. The Balaban J connectivity index is 1.43. The van der Waals surface area contributed by atoms with Crippen molar-refractivity contribution in [1.29, 1.82) is 0 Å². The number of halogens is 2. The first kappa shape index (κ1) is 25.5. The van der Waals surface area contributed by atoms with E-state index in [2.05, 4.69) is 44.2 Å². The van der Waals surface area contributed by atoms with Crippen molar-refractivity contribution in [1.82, 2.24) is 20.2 Å². The summed E-state index contributed by atoms with van der Waals surface area (Å²) in [6, 6.07) is 15.9. The van der Waals surface area contributed by atoms with Crippen molar-refractivity contribution in [2.45, 2.75) is 38.2 Å². The first-order valence-corrected chi connectivity index (χ1v) is 12.2. The number of benzene rings is 2. The lowest BCUT2D eigenvalue weighted by Gasteiger charge is -2.18. The second kappa shape index (κ2) is 12.4. The Morgan fingerprint density at radius 2 is 1.64 bits per heavy atom. The summed E-state index contributed by atoms with van der Waals surface area (Å²) in [5.74, 6) is 5.64. The molecule has 1 aliphatic heterocycles. The minimum atomic E-state index is -2.47. The predicted molar refractivity (Wildman–Crippen MR) is 135 cm³/mol. The van der Waals surface area contributed by atoms with Crippen LogP contribution < -0.4 is 10.9 Å². The van der Waals surface area contributed by atoms with E-state index in [1.807, 2.05) is 36.4 Å². The van der Waals surface area contributed by atoms with Crippen molar-refractivity contribution in [3.05, 3.63) is 93.2 Å². The zero-order valence-electron chi connectivity index (χ0n) is 20.0. The highest BCUT2D eigenvalue weighted by molar-refractivity contribution is 5.44. The Morgan fingerprint density at radius 1 is 1.00 bits per heavy atom. The molecule has 36 heavy (non-hydrogen) atoms. The molecule has 3 N–H and O–H groups in total. The van der Waals surface area contributed by atoms with Crippen molar-refractivity contribution in [2.75, 3.05) is 26.2 Å². The molecular formula is C28H30F2N4O2. The summed E-state index contributed by atoms with van der Waals surface area (Å²) in [5, 5.41) is 12.8. The molecule has 0 bridgehead atoms. The van der Waals surface area contributed by atoms with Gasteiger partial charge in [-0.05, 0) is 61.3 Å². The maximum absolute atomic E-state index is 12.6. The molecule has 1 unspecified atom stereocenters. The molecule has 1 fully saturated rings. The number of hydrogen-bond acceptors (Lipinski definition) is 5. The maximum atomic E-state index is 12.6. The van der Waals surface area contributed by atoms with Crippen LogP contribution in [-0.4, -0.2) is 52.6 Å². The minimum Gasteiger partial charge on any atom is -0.502 e. The number of nitrogens with one attached hydrogen (secondary N) is 2. The number of likely N-dealkylation sites (tertiary alicyclic amines) is 1. The van der Waals surface area contributed by atoms with E-state index in [1.54, 1.807) is 0 Å². The molecule has 2 aromatic carbocycles. The molecule has 1 saturated heterocycles. The van der Waals surface area contributed by atoms with Crippen molar-refractivity contribution >= 4 is 0 Å². The predicted octanol–water partition coefficient (Wildman–Crippen LogP) is 3.65. The monoisotopic (exact) mass is 492 g/mol. The summed E-state index contributed by atoms with van der Waals surface area (Å²) in [4.78, 5) is 20.5. The van der Waals surface area contributed by atoms with Gasteiger partial charge in [0.15, 0.2) is 0 Å². The van der Waals surface area contributed by atoms with Gasteiger partial charge in [-0.1, -0.05) is 36.1 Å². The quantitative estimate of drug-likeness (QED) is 0.398. The van der Waals surface area contributed by atoms with Crippen LogP contribution in [-0.2, 0) is 13.0 Å². The van der Waals surface area contributed by atoms with Gasteiger partial charge >= 0.3 is 0 Å². The largest absolute Gasteiger partial charge is 0.502 e. The normalized spacial score (nSPS) is 14.5. The van der Waals surface area contributed by atoms with Crippen LogP contribution in [0.3, 0.4) is 0 Å².